The number of fused-ring (bicyclic) bond motifs is 3. The summed E-state index contributed by atoms with van der Waals surface area (Å²) in [4.78, 5) is 2.51. The van der Waals surface area contributed by atoms with Crippen LogP contribution < -0.4 is 28.7 Å². The Bertz CT molecular complexity index is 2780. The molecule has 0 atom stereocenters. The molecule has 12 rings (SSSR count). The molecule has 1 aliphatic carbocycles. The van der Waals surface area contributed by atoms with E-state index in [-0.39, 0.29) is 0 Å². The van der Waals surface area contributed by atoms with E-state index in [9.17, 15) is 0 Å². The van der Waals surface area contributed by atoms with E-state index in [1.54, 1.807) is 0 Å². The number of hydrogen-bond acceptors (Lipinski definition) is 3. The molecule has 0 bridgehead atoms. The van der Waals surface area contributed by atoms with Gasteiger partial charge in [0.05, 0.1) is 0 Å². The molecule has 55 heavy (non-hydrogen) atoms. The van der Waals surface area contributed by atoms with Crippen LogP contribution in [0.1, 0.15) is 33.4 Å². The molecule has 0 saturated carbocycles. The first-order chi connectivity index (χ1) is 27.1. The van der Waals surface area contributed by atoms with Gasteiger partial charge in [-0.3, -0.25) is 0 Å². The quantitative estimate of drug-likeness (QED) is 0.165. The number of rotatable bonds is 4. The van der Waals surface area contributed by atoms with Crippen molar-refractivity contribution in [3.05, 3.63) is 209 Å². The van der Waals surface area contributed by atoms with Crippen molar-refractivity contribution in [1.82, 2.24) is 0 Å². The second-order valence-electron chi connectivity index (χ2n) is 15.3. The van der Waals surface area contributed by atoms with E-state index in [0.717, 1.165) is 39.8 Å². The van der Waals surface area contributed by atoms with Crippen molar-refractivity contribution in [2.24, 2.45) is 0 Å². The van der Waals surface area contributed by atoms with E-state index >= 15 is 0 Å². The van der Waals surface area contributed by atoms with Crippen LogP contribution >= 0.6 is 0 Å². The normalized spacial score (nSPS) is 15.3. The standard InChI is InChI=1S/C45H30NO2.C6H5.Sn/c1-30-20-22-35-27-43(30)47-37-16-11-17-38(29-37)48-44-28-36(23-21-31(44)2)46(35)34-24-25-42-40(26-34)39-18-9-10-19-41(39)45(42,32-12-5-3-6-13-32)33-14-7-4-8-15-33;1-2-4-6-5-3-1;/h3-26H,1-2H3;1-5H;. The average Bonchev–Trinajstić information content (AvgIpc) is 3.54. The Hall–Kier alpha value is -6.04. The van der Waals surface area contributed by atoms with Gasteiger partial charge in [0, 0.05) is 0 Å². The van der Waals surface area contributed by atoms with Crippen molar-refractivity contribution in [1.29, 1.82) is 0 Å². The van der Waals surface area contributed by atoms with E-state index in [2.05, 4.69) is 195 Å². The molecule has 3 heterocycles. The fraction of sp³-hybridized carbons (Fsp3) is 0.0588. The molecule has 0 saturated heterocycles. The molecule has 3 aliphatic heterocycles. The summed E-state index contributed by atoms with van der Waals surface area (Å²) in [5, 5.41) is 0. The summed E-state index contributed by atoms with van der Waals surface area (Å²) in [6.45, 7) is 4.40. The molecular formula is C51H35NO2Sn. The fourth-order valence-electron chi connectivity index (χ4n) is 10.5. The molecule has 4 heteroatoms. The van der Waals surface area contributed by atoms with E-state index in [4.69, 9.17) is 9.47 Å². The van der Waals surface area contributed by atoms with Crippen molar-refractivity contribution < 1.29 is 9.47 Å². The summed E-state index contributed by atoms with van der Waals surface area (Å²) in [6, 6.07) is 65.1. The molecule has 0 N–H and O–H groups in total. The van der Waals surface area contributed by atoms with Crippen LogP contribution in [-0.4, -0.2) is 18.4 Å². The van der Waals surface area contributed by atoms with E-state index in [1.807, 2.05) is 0 Å². The SMILES string of the molecule is Cc1ccc2[c]3c1Oc1cccc4[c]1[Sn]3([c]1ccccc1)[c]1c(ccc(C)c1O4)N2c1ccc2c(c1)-c1ccccc1C2(c1ccccc1)c1ccccc1. The topological polar surface area (TPSA) is 21.7 Å². The van der Waals surface area contributed by atoms with Crippen LogP contribution in [-0.2, 0) is 5.41 Å². The Labute approximate surface area is 325 Å². The van der Waals surface area contributed by atoms with Crippen LogP contribution in [0, 0.1) is 13.8 Å². The van der Waals surface area contributed by atoms with Crippen molar-refractivity contribution in [3.63, 3.8) is 0 Å². The molecule has 0 fully saturated rings. The van der Waals surface area contributed by atoms with Crippen LogP contribution in [0.15, 0.2) is 176 Å². The van der Waals surface area contributed by atoms with E-state index in [1.165, 1.54) is 59.1 Å². The predicted octanol–water partition coefficient (Wildman–Crippen LogP) is 10.0. The number of nitrogens with zero attached hydrogens (tertiary/aromatic N) is 1. The molecule has 260 valence electrons. The Morgan fingerprint density at radius 2 is 0.982 bits per heavy atom. The van der Waals surface area contributed by atoms with Gasteiger partial charge in [-0.05, 0) is 0 Å². The van der Waals surface area contributed by atoms with Gasteiger partial charge in [0.25, 0.3) is 0 Å². The molecule has 4 aliphatic rings. The maximum absolute atomic E-state index is 7.03. The van der Waals surface area contributed by atoms with Crippen molar-refractivity contribution in [2.75, 3.05) is 4.90 Å². The zero-order valence-corrected chi connectivity index (χ0v) is 33.4. The fourth-order valence-corrected chi connectivity index (χ4v) is 26.6. The van der Waals surface area contributed by atoms with Gasteiger partial charge in [-0.1, -0.05) is 0 Å². The average molecular weight is 813 g/mol. The summed E-state index contributed by atoms with van der Waals surface area (Å²) in [5.74, 6) is 3.88. The number of hydrogen-bond donors (Lipinski definition) is 0. The number of benzene rings is 8. The molecule has 0 spiro atoms. The Morgan fingerprint density at radius 3 is 1.58 bits per heavy atom. The predicted molar refractivity (Wildman–Crippen MR) is 225 cm³/mol. The van der Waals surface area contributed by atoms with Gasteiger partial charge in [0.1, 0.15) is 0 Å². The van der Waals surface area contributed by atoms with Gasteiger partial charge in [0.2, 0.25) is 0 Å². The third-order valence-electron chi connectivity index (χ3n) is 12.6. The number of anilines is 3. The first kappa shape index (κ1) is 31.3. The summed E-state index contributed by atoms with van der Waals surface area (Å²) in [7, 11) is 0. The Morgan fingerprint density at radius 1 is 0.455 bits per heavy atom. The first-order valence-corrected chi connectivity index (χ1v) is 24.8. The molecular weight excluding hydrogens is 777 g/mol. The Kier molecular flexibility index (Phi) is 6.41. The zero-order chi connectivity index (χ0) is 36.5. The van der Waals surface area contributed by atoms with Crippen LogP contribution in [0.3, 0.4) is 0 Å². The molecule has 0 aromatic heterocycles. The van der Waals surface area contributed by atoms with Crippen LogP contribution in [0.4, 0.5) is 17.1 Å². The number of aryl methyl sites for hydroxylation is 2. The summed E-state index contributed by atoms with van der Waals surface area (Å²) in [6.07, 6.45) is 0. The number of ether oxygens (including phenoxy) is 2. The van der Waals surface area contributed by atoms with Gasteiger partial charge >= 0.3 is 327 Å². The molecule has 0 unspecified atom stereocenters. The molecule has 8 aromatic rings. The second kappa shape index (κ2) is 11.2. The van der Waals surface area contributed by atoms with Gasteiger partial charge in [-0.15, -0.1) is 0 Å². The van der Waals surface area contributed by atoms with Crippen LogP contribution in [0.25, 0.3) is 11.1 Å². The van der Waals surface area contributed by atoms with E-state index < -0.39 is 23.8 Å². The molecule has 3 nitrogen and oxygen atoms in total. The first-order valence-electron chi connectivity index (χ1n) is 19.1. The van der Waals surface area contributed by atoms with Gasteiger partial charge < -0.3 is 0 Å². The summed E-state index contributed by atoms with van der Waals surface area (Å²) >= 11 is -4.13. The monoisotopic (exact) mass is 813 g/mol. The second-order valence-corrected chi connectivity index (χ2v) is 25.5. The molecule has 0 radical (unpaired) electrons. The minimum atomic E-state index is -4.13. The maximum atomic E-state index is 7.03. The van der Waals surface area contributed by atoms with Gasteiger partial charge in [-0.25, -0.2) is 0 Å². The summed E-state index contributed by atoms with van der Waals surface area (Å²) < 4.78 is 19.5. The third kappa shape index (κ3) is 3.86. The molecule has 0 amide bonds. The minimum absolute atomic E-state index is 0.457. The zero-order valence-electron chi connectivity index (χ0n) is 30.5. The Balaban J connectivity index is 1.18. The van der Waals surface area contributed by atoms with Gasteiger partial charge in [-0.2, -0.15) is 0 Å². The van der Waals surface area contributed by atoms with Crippen LogP contribution in [0.2, 0.25) is 0 Å². The molecule has 8 aromatic carbocycles. The third-order valence-corrected chi connectivity index (χ3v) is 26.6. The van der Waals surface area contributed by atoms with Gasteiger partial charge in [0.15, 0.2) is 0 Å². The van der Waals surface area contributed by atoms with E-state index in [0.29, 0.717) is 0 Å². The van der Waals surface area contributed by atoms with Crippen molar-refractivity contribution in [3.8, 4) is 34.1 Å². The summed E-state index contributed by atoms with van der Waals surface area (Å²) in [5.41, 5.74) is 13.1. The van der Waals surface area contributed by atoms with Crippen LogP contribution in [0.5, 0.6) is 23.0 Å². The van der Waals surface area contributed by atoms with Crippen molar-refractivity contribution >= 4 is 49.8 Å². The van der Waals surface area contributed by atoms with Crippen molar-refractivity contribution in [2.45, 2.75) is 19.3 Å².